The highest BCUT2D eigenvalue weighted by Gasteiger charge is 2.24. The summed E-state index contributed by atoms with van der Waals surface area (Å²) in [4.78, 5) is 13.4. The molecule has 0 aliphatic heterocycles. The van der Waals surface area contributed by atoms with E-state index in [1.807, 2.05) is 30.3 Å². The number of hydrogen-bond acceptors (Lipinski definition) is 4. The molecule has 0 saturated heterocycles. The summed E-state index contributed by atoms with van der Waals surface area (Å²) in [5.74, 6) is 0. The molecule has 1 aromatic carbocycles. The van der Waals surface area contributed by atoms with Crippen LogP contribution in [0.4, 0.5) is 0 Å². The maximum atomic E-state index is 12.5. The molecule has 0 saturated carbocycles. The molecule has 6 nitrogen and oxygen atoms in total. The second-order valence-electron chi connectivity index (χ2n) is 4.44. The van der Waals surface area contributed by atoms with Crippen molar-refractivity contribution in [3.05, 3.63) is 64.6 Å². The first-order valence-electron chi connectivity index (χ1n) is 6.38. The first kappa shape index (κ1) is 15.4. The Morgan fingerprint density at radius 2 is 1.81 bits per heavy atom. The number of pyridine rings is 1. The number of benzene rings is 1. The zero-order chi connectivity index (χ0) is 15.3. The number of aromatic nitrogens is 1. The number of aliphatic hydroxyl groups is 1. The fourth-order valence-electron chi connectivity index (χ4n) is 1.89. The van der Waals surface area contributed by atoms with Crippen LogP contribution in [0.5, 0.6) is 0 Å². The van der Waals surface area contributed by atoms with Gasteiger partial charge in [-0.2, -0.15) is 4.31 Å². The zero-order valence-electron chi connectivity index (χ0n) is 11.3. The molecule has 0 unspecified atom stereocenters. The standard InChI is InChI=1S/C14H16N2O4S/c17-9-8-16(11-12-4-2-1-3-5-12)21(19,20)13-6-7-14(18)15-10-13/h1-7,10,17H,8-9,11H2,(H,15,18). The Labute approximate surface area is 122 Å². The van der Waals surface area contributed by atoms with Crippen LogP contribution in [0.1, 0.15) is 5.56 Å². The molecule has 0 spiro atoms. The Kier molecular flexibility index (Phi) is 4.89. The zero-order valence-corrected chi connectivity index (χ0v) is 12.1. The normalized spacial score (nSPS) is 11.7. The molecule has 7 heteroatoms. The monoisotopic (exact) mass is 308 g/mol. The van der Waals surface area contributed by atoms with E-state index in [0.717, 1.165) is 17.8 Å². The van der Waals surface area contributed by atoms with Gasteiger partial charge in [0, 0.05) is 25.4 Å². The Morgan fingerprint density at radius 3 is 2.38 bits per heavy atom. The van der Waals surface area contributed by atoms with Crippen LogP contribution in [0.2, 0.25) is 0 Å². The number of nitrogens with zero attached hydrogens (tertiary/aromatic N) is 1. The van der Waals surface area contributed by atoms with Gasteiger partial charge >= 0.3 is 0 Å². The predicted molar refractivity (Wildman–Crippen MR) is 78.2 cm³/mol. The molecule has 1 aromatic heterocycles. The highest BCUT2D eigenvalue weighted by atomic mass is 32.2. The lowest BCUT2D eigenvalue weighted by Crippen LogP contribution is -2.33. The van der Waals surface area contributed by atoms with Crippen molar-refractivity contribution >= 4 is 10.0 Å². The van der Waals surface area contributed by atoms with Crippen molar-refractivity contribution < 1.29 is 13.5 Å². The van der Waals surface area contributed by atoms with Crippen LogP contribution in [0.3, 0.4) is 0 Å². The molecule has 2 rings (SSSR count). The Morgan fingerprint density at radius 1 is 1.10 bits per heavy atom. The summed E-state index contributed by atoms with van der Waals surface area (Å²) in [5, 5.41) is 9.11. The molecule has 0 fully saturated rings. The summed E-state index contributed by atoms with van der Waals surface area (Å²) in [5.41, 5.74) is 0.449. The van der Waals surface area contributed by atoms with Crippen molar-refractivity contribution in [2.45, 2.75) is 11.4 Å². The first-order chi connectivity index (χ1) is 10.0. The molecule has 2 aromatic rings. The van der Waals surface area contributed by atoms with Crippen LogP contribution < -0.4 is 5.56 Å². The van der Waals surface area contributed by atoms with Gasteiger partial charge in [-0.1, -0.05) is 30.3 Å². The molecule has 112 valence electrons. The van der Waals surface area contributed by atoms with Gasteiger partial charge in [-0.05, 0) is 11.6 Å². The van der Waals surface area contributed by atoms with Gasteiger partial charge in [-0.25, -0.2) is 8.42 Å². The topological polar surface area (TPSA) is 90.5 Å². The third-order valence-corrected chi connectivity index (χ3v) is 4.79. The van der Waals surface area contributed by atoms with Crippen LogP contribution in [-0.2, 0) is 16.6 Å². The molecule has 0 bridgehead atoms. The van der Waals surface area contributed by atoms with Crippen LogP contribution in [0, 0.1) is 0 Å². The summed E-state index contributed by atoms with van der Waals surface area (Å²) < 4.78 is 26.2. The van der Waals surface area contributed by atoms with Crippen LogP contribution in [0.25, 0.3) is 0 Å². The molecule has 0 aliphatic rings. The number of rotatable bonds is 6. The third kappa shape index (κ3) is 3.78. The van der Waals surface area contributed by atoms with Crippen molar-refractivity contribution in [3.8, 4) is 0 Å². The number of nitrogens with one attached hydrogen (secondary N) is 1. The van der Waals surface area contributed by atoms with Gasteiger partial charge in [-0.3, -0.25) is 4.79 Å². The third-order valence-electron chi connectivity index (χ3n) is 2.94. The van der Waals surface area contributed by atoms with Crippen molar-refractivity contribution in [2.75, 3.05) is 13.2 Å². The first-order valence-corrected chi connectivity index (χ1v) is 7.82. The molecule has 2 N–H and O–H groups in total. The molecule has 21 heavy (non-hydrogen) atoms. The summed E-state index contributed by atoms with van der Waals surface area (Å²) in [7, 11) is -3.77. The molecular formula is C14H16N2O4S. The lowest BCUT2D eigenvalue weighted by atomic mass is 10.2. The number of H-pyrrole nitrogens is 1. The lowest BCUT2D eigenvalue weighted by Gasteiger charge is -2.21. The molecule has 0 radical (unpaired) electrons. The van der Waals surface area contributed by atoms with Gasteiger partial charge < -0.3 is 10.1 Å². The largest absolute Gasteiger partial charge is 0.395 e. The van der Waals surface area contributed by atoms with Crippen molar-refractivity contribution in [1.82, 2.24) is 9.29 Å². The minimum absolute atomic E-state index is 0.00789. The van der Waals surface area contributed by atoms with E-state index in [4.69, 9.17) is 5.11 Å². The molecule has 0 aliphatic carbocycles. The average molecular weight is 308 g/mol. The second-order valence-corrected chi connectivity index (χ2v) is 6.37. The SMILES string of the molecule is O=c1ccc(S(=O)(=O)N(CCO)Cc2ccccc2)c[nH]1. The van der Waals surface area contributed by atoms with E-state index in [9.17, 15) is 13.2 Å². The number of sulfonamides is 1. The van der Waals surface area contributed by atoms with Crippen LogP contribution in [0.15, 0.2) is 58.4 Å². The van der Waals surface area contributed by atoms with E-state index in [1.54, 1.807) is 0 Å². The van der Waals surface area contributed by atoms with Crippen LogP contribution >= 0.6 is 0 Å². The number of aromatic amines is 1. The summed E-state index contributed by atoms with van der Waals surface area (Å²) >= 11 is 0. The van der Waals surface area contributed by atoms with Gasteiger partial charge in [0.25, 0.3) is 0 Å². The van der Waals surface area contributed by atoms with Gasteiger partial charge in [0.15, 0.2) is 0 Å². The molecular weight excluding hydrogens is 292 g/mol. The summed E-state index contributed by atoms with van der Waals surface area (Å²) in [6.45, 7) is -0.144. The van der Waals surface area contributed by atoms with Crippen LogP contribution in [-0.4, -0.2) is 36.0 Å². The van der Waals surface area contributed by atoms with Gasteiger partial charge in [0.2, 0.25) is 15.6 Å². The van der Waals surface area contributed by atoms with E-state index >= 15 is 0 Å². The lowest BCUT2D eigenvalue weighted by molar-refractivity contribution is 0.251. The number of hydrogen-bond donors (Lipinski definition) is 2. The van der Waals surface area contributed by atoms with E-state index in [0.29, 0.717) is 0 Å². The van der Waals surface area contributed by atoms with E-state index < -0.39 is 10.0 Å². The quantitative estimate of drug-likeness (QED) is 0.816. The highest BCUT2D eigenvalue weighted by Crippen LogP contribution is 2.16. The molecule has 0 amide bonds. The minimum atomic E-state index is -3.77. The van der Waals surface area contributed by atoms with E-state index in [2.05, 4.69) is 4.98 Å². The summed E-state index contributed by atoms with van der Waals surface area (Å²) in [6, 6.07) is 11.5. The minimum Gasteiger partial charge on any atom is -0.395 e. The Hall–Kier alpha value is -1.96. The summed E-state index contributed by atoms with van der Waals surface area (Å²) in [6.07, 6.45) is 1.16. The molecule has 0 atom stereocenters. The fourth-order valence-corrected chi connectivity index (χ4v) is 3.28. The van der Waals surface area contributed by atoms with E-state index in [1.165, 1.54) is 10.4 Å². The second kappa shape index (κ2) is 6.66. The predicted octanol–water partition coefficient (Wildman–Crippen LogP) is 0.558. The Bertz CT molecular complexity index is 721. The Balaban J connectivity index is 2.32. The molecule has 1 heterocycles. The fraction of sp³-hybridized carbons (Fsp3) is 0.214. The average Bonchev–Trinajstić information content (AvgIpc) is 2.48. The van der Waals surface area contributed by atoms with Crippen molar-refractivity contribution in [3.63, 3.8) is 0 Å². The van der Waals surface area contributed by atoms with Gasteiger partial charge in [0.1, 0.15) is 0 Å². The van der Waals surface area contributed by atoms with Crippen molar-refractivity contribution in [1.29, 1.82) is 0 Å². The van der Waals surface area contributed by atoms with Gasteiger partial charge in [-0.15, -0.1) is 0 Å². The van der Waals surface area contributed by atoms with E-state index in [-0.39, 0.29) is 30.2 Å². The van der Waals surface area contributed by atoms with Gasteiger partial charge in [0.05, 0.1) is 11.5 Å². The smallest absolute Gasteiger partial charge is 0.247 e. The maximum Gasteiger partial charge on any atom is 0.247 e. The van der Waals surface area contributed by atoms with Crippen molar-refractivity contribution in [2.24, 2.45) is 0 Å². The highest BCUT2D eigenvalue weighted by molar-refractivity contribution is 7.89. The maximum absolute atomic E-state index is 12.5. The number of aliphatic hydroxyl groups excluding tert-OH is 1.